The Bertz CT molecular complexity index is 747. The van der Waals surface area contributed by atoms with Crippen molar-refractivity contribution >= 4 is 34.2 Å². The predicted octanol–water partition coefficient (Wildman–Crippen LogP) is 4.77. The fourth-order valence-corrected chi connectivity index (χ4v) is 2.70. The molecule has 0 aliphatic rings. The monoisotopic (exact) mass is 290 g/mol. The van der Waals surface area contributed by atoms with Crippen molar-refractivity contribution in [2.45, 2.75) is 13.3 Å². The number of imidazole rings is 1. The third kappa shape index (κ3) is 2.46. The Kier molecular flexibility index (Phi) is 3.21. The van der Waals surface area contributed by atoms with E-state index in [9.17, 15) is 0 Å². The summed E-state index contributed by atoms with van der Waals surface area (Å²) in [7, 11) is 0. The highest BCUT2D eigenvalue weighted by molar-refractivity contribution is 6.35. The van der Waals surface area contributed by atoms with Gasteiger partial charge in [0, 0.05) is 16.5 Å². The second kappa shape index (κ2) is 4.87. The Labute approximate surface area is 121 Å². The van der Waals surface area contributed by atoms with Gasteiger partial charge in [-0.05, 0) is 36.2 Å². The molecule has 0 unspecified atom stereocenters. The van der Waals surface area contributed by atoms with Gasteiger partial charge in [-0.3, -0.25) is 0 Å². The van der Waals surface area contributed by atoms with Crippen molar-refractivity contribution in [1.82, 2.24) is 9.97 Å². The van der Waals surface area contributed by atoms with Crippen molar-refractivity contribution in [2.24, 2.45) is 0 Å². The van der Waals surface area contributed by atoms with E-state index in [1.165, 1.54) is 0 Å². The van der Waals surface area contributed by atoms with Crippen LogP contribution in [-0.2, 0) is 6.42 Å². The summed E-state index contributed by atoms with van der Waals surface area (Å²) in [6.07, 6.45) is 0.748. The summed E-state index contributed by atoms with van der Waals surface area (Å²) in [6.45, 7) is 1.96. The molecular formula is C15H12Cl2N2. The van der Waals surface area contributed by atoms with E-state index >= 15 is 0 Å². The molecule has 0 aliphatic carbocycles. The zero-order chi connectivity index (χ0) is 13.4. The van der Waals surface area contributed by atoms with Crippen LogP contribution >= 0.6 is 23.2 Å². The van der Waals surface area contributed by atoms with E-state index in [4.69, 9.17) is 23.2 Å². The van der Waals surface area contributed by atoms with Gasteiger partial charge in [-0.25, -0.2) is 4.98 Å². The first-order valence-corrected chi connectivity index (χ1v) is 6.77. The van der Waals surface area contributed by atoms with Crippen molar-refractivity contribution in [3.05, 3.63) is 63.4 Å². The minimum absolute atomic E-state index is 0.655. The first kappa shape index (κ1) is 12.5. The molecule has 0 radical (unpaired) electrons. The zero-order valence-corrected chi connectivity index (χ0v) is 11.9. The first-order chi connectivity index (χ1) is 9.13. The van der Waals surface area contributed by atoms with Crippen LogP contribution in [-0.4, -0.2) is 9.97 Å². The fourth-order valence-electron chi connectivity index (χ4n) is 2.23. The molecule has 2 nitrogen and oxygen atoms in total. The molecule has 3 aromatic rings. The number of H-pyrrole nitrogens is 1. The van der Waals surface area contributed by atoms with Gasteiger partial charge in [-0.1, -0.05) is 41.4 Å². The second-order valence-electron chi connectivity index (χ2n) is 4.55. The number of hydrogen-bond acceptors (Lipinski definition) is 1. The smallest absolute Gasteiger partial charge is 0.104 e. The first-order valence-electron chi connectivity index (χ1n) is 6.01. The molecule has 0 atom stereocenters. The van der Waals surface area contributed by atoms with Gasteiger partial charge in [0.1, 0.15) is 5.82 Å². The van der Waals surface area contributed by atoms with E-state index in [2.05, 4.69) is 16.0 Å². The number of nitrogens with zero attached hydrogens (tertiary/aromatic N) is 1. The van der Waals surface area contributed by atoms with Crippen LogP contribution in [0.3, 0.4) is 0 Å². The normalized spacial score (nSPS) is 11.1. The van der Waals surface area contributed by atoms with Gasteiger partial charge in [0.25, 0.3) is 0 Å². The highest BCUT2D eigenvalue weighted by Crippen LogP contribution is 2.26. The maximum atomic E-state index is 6.22. The number of para-hydroxylation sites is 1. The average Bonchev–Trinajstić information content (AvgIpc) is 2.74. The van der Waals surface area contributed by atoms with E-state index in [0.29, 0.717) is 10.0 Å². The molecule has 2 aromatic carbocycles. The molecule has 1 N–H and O–H groups in total. The van der Waals surface area contributed by atoms with Crippen LogP contribution in [0.2, 0.25) is 10.0 Å². The van der Waals surface area contributed by atoms with Gasteiger partial charge in [0.05, 0.1) is 11.0 Å². The number of nitrogens with one attached hydrogen (secondary N) is 1. The molecule has 0 fully saturated rings. The minimum Gasteiger partial charge on any atom is -0.342 e. The Balaban J connectivity index is 2.05. The van der Waals surface area contributed by atoms with Crippen molar-refractivity contribution in [3.8, 4) is 0 Å². The Morgan fingerprint density at radius 1 is 1.11 bits per heavy atom. The molecule has 96 valence electrons. The van der Waals surface area contributed by atoms with Gasteiger partial charge < -0.3 is 4.98 Å². The summed E-state index contributed by atoms with van der Waals surface area (Å²) >= 11 is 12.1. The van der Waals surface area contributed by atoms with Crippen LogP contribution in [0.4, 0.5) is 0 Å². The Hall–Kier alpha value is -1.51. The fraction of sp³-hybridized carbons (Fsp3) is 0.133. The molecule has 0 spiro atoms. The summed E-state index contributed by atoms with van der Waals surface area (Å²) in [6, 6.07) is 11.7. The minimum atomic E-state index is 0.655. The largest absolute Gasteiger partial charge is 0.342 e. The number of aromatic amines is 1. The molecule has 19 heavy (non-hydrogen) atoms. The molecule has 0 aliphatic heterocycles. The topological polar surface area (TPSA) is 28.7 Å². The van der Waals surface area contributed by atoms with Gasteiger partial charge in [0.15, 0.2) is 0 Å². The van der Waals surface area contributed by atoms with E-state index in [1.54, 1.807) is 6.07 Å². The Morgan fingerprint density at radius 2 is 1.95 bits per heavy atom. The summed E-state index contributed by atoms with van der Waals surface area (Å²) in [4.78, 5) is 7.77. The lowest BCUT2D eigenvalue weighted by molar-refractivity contribution is 1.16. The number of fused-ring (bicyclic) bond motifs is 1. The van der Waals surface area contributed by atoms with Gasteiger partial charge in [0.2, 0.25) is 0 Å². The predicted molar refractivity (Wildman–Crippen MR) is 80.1 cm³/mol. The summed E-state index contributed by atoms with van der Waals surface area (Å²) in [5.41, 5.74) is 4.27. The quantitative estimate of drug-likeness (QED) is 0.724. The van der Waals surface area contributed by atoms with E-state index in [1.807, 2.05) is 31.2 Å². The van der Waals surface area contributed by atoms with Gasteiger partial charge >= 0.3 is 0 Å². The van der Waals surface area contributed by atoms with Crippen LogP contribution < -0.4 is 0 Å². The van der Waals surface area contributed by atoms with E-state index < -0.39 is 0 Å². The average molecular weight is 291 g/mol. The molecule has 0 saturated heterocycles. The lowest BCUT2D eigenvalue weighted by atomic mass is 10.0. The third-order valence-corrected chi connectivity index (χ3v) is 3.70. The summed E-state index contributed by atoms with van der Waals surface area (Å²) < 4.78 is 0. The van der Waals surface area contributed by atoms with E-state index in [-0.39, 0.29) is 0 Å². The second-order valence-corrected chi connectivity index (χ2v) is 5.39. The van der Waals surface area contributed by atoms with Crippen LogP contribution in [0.1, 0.15) is 17.0 Å². The number of halogens is 2. The summed E-state index contributed by atoms with van der Waals surface area (Å²) in [5.74, 6) is 0.921. The molecule has 0 saturated carbocycles. The number of aromatic nitrogens is 2. The lowest BCUT2D eigenvalue weighted by Crippen LogP contribution is -1.91. The number of rotatable bonds is 2. The summed E-state index contributed by atoms with van der Waals surface area (Å²) in [5, 5.41) is 1.35. The van der Waals surface area contributed by atoms with Crippen LogP contribution in [0, 0.1) is 6.92 Å². The van der Waals surface area contributed by atoms with Crippen molar-refractivity contribution in [3.63, 3.8) is 0 Å². The van der Waals surface area contributed by atoms with Gasteiger partial charge in [-0.15, -0.1) is 0 Å². The van der Waals surface area contributed by atoms with Crippen molar-refractivity contribution in [2.75, 3.05) is 0 Å². The molecule has 4 heteroatoms. The molecule has 3 rings (SSSR count). The van der Waals surface area contributed by atoms with Crippen LogP contribution in [0.25, 0.3) is 11.0 Å². The molecule has 1 aromatic heterocycles. The molecule has 1 heterocycles. The highest BCUT2D eigenvalue weighted by atomic mass is 35.5. The van der Waals surface area contributed by atoms with Crippen molar-refractivity contribution < 1.29 is 0 Å². The standard InChI is InChI=1S/C15H12Cl2N2/c1-9-18-14-4-2-3-11(15(14)19-9)7-10-5-6-12(16)8-13(10)17/h2-6,8H,7H2,1H3,(H,18,19). The van der Waals surface area contributed by atoms with E-state index in [0.717, 1.165) is 34.4 Å². The molecule has 0 amide bonds. The SMILES string of the molecule is Cc1nc2c(Cc3ccc(Cl)cc3Cl)cccc2[nH]1. The van der Waals surface area contributed by atoms with Crippen LogP contribution in [0.15, 0.2) is 36.4 Å². The van der Waals surface area contributed by atoms with Crippen LogP contribution in [0.5, 0.6) is 0 Å². The maximum Gasteiger partial charge on any atom is 0.104 e. The van der Waals surface area contributed by atoms with Crippen molar-refractivity contribution in [1.29, 1.82) is 0 Å². The highest BCUT2D eigenvalue weighted by Gasteiger charge is 2.08. The van der Waals surface area contributed by atoms with Gasteiger partial charge in [-0.2, -0.15) is 0 Å². The lowest BCUT2D eigenvalue weighted by Gasteiger charge is -2.05. The maximum absolute atomic E-state index is 6.22. The third-order valence-electron chi connectivity index (χ3n) is 3.11. The zero-order valence-electron chi connectivity index (χ0n) is 10.4. The number of aryl methyl sites for hydroxylation is 1. The molecular weight excluding hydrogens is 279 g/mol. The number of benzene rings is 2. The molecule has 0 bridgehead atoms. The Morgan fingerprint density at radius 3 is 2.74 bits per heavy atom. The number of hydrogen-bond donors (Lipinski definition) is 1.